The summed E-state index contributed by atoms with van der Waals surface area (Å²) in [7, 11) is -3.74. The highest BCUT2D eigenvalue weighted by Crippen LogP contribution is 2.28. The van der Waals surface area contributed by atoms with Gasteiger partial charge in [-0.1, -0.05) is 24.3 Å². The Balaban J connectivity index is 1.52. The topological polar surface area (TPSA) is 126 Å². The van der Waals surface area contributed by atoms with E-state index in [1.807, 2.05) is 0 Å². The van der Waals surface area contributed by atoms with Crippen molar-refractivity contribution in [2.24, 2.45) is 4.99 Å². The predicted octanol–water partition coefficient (Wildman–Crippen LogP) is 2.93. The van der Waals surface area contributed by atoms with E-state index < -0.39 is 32.9 Å². The molecule has 1 aliphatic rings. The molecule has 1 amide bonds. The van der Waals surface area contributed by atoms with Crippen LogP contribution in [0.2, 0.25) is 0 Å². The number of sulfone groups is 1. The number of carbonyl (C=O) groups excluding carboxylic acids is 1. The quantitative estimate of drug-likeness (QED) is 0.212. The number of nitrogens with one attached hydrogen (secondary N) is 2. The summed E-state index contributed by atoms with van der Waals surface area (Å²) < 4.78 is 64.5. The average molecular weight is 574 g/mol. The predicted molar refractivity (Wildman–Crippen MR) is 143 cm³/mol. The first-order valence-electron chi connectivity index (χ1n) is 12.5. The highest BCUT2D eigenvalue weighted by Gasteiger charge is 2.45. The van der Waals surface area contributed by atoms with Crippen LogP contribution in [0.25, 0.3) is 0 Å². The van der Waals surface area contributed by atoms with Gasteiger partial charge >= 0.3 is 0 Å². The Morgan fingerprint density at radius 3 is 2.52 bits per heavy atom. The molecule has 4 rings (SSSR count). The lowest BCUT2D eigenvalue weighted by molar-refractivity contribution is -0.127. The third kappa shape index (κ3) is 7.20. The highest BCUT2D eigenvalue weighted by atomic mass is 32.2. The molecule has 0 spiro atoms. The third-order valence-corrected chi connectivity index (χ3v) is 7.97. The normalized spacial score (nSPS) is 16.7. The van der Waals surface area contributed by atoms with Gasteiger partial charge in [-0.15, -0.1) is 0 Å². The molecule has 1 aliphatic heterocycles. The van der Waals surface area contributed by atoms with Crippen molar-refractivity contribution in [3.63, 3.8) is 0 Å². The first kappa shape index (κ1) is 29.1. The Morgan fingerprint density at radius 2 is 1.82 bits per heavy atom. The summed E-state index contributed by atoms with van der Waals surface area (Å²) in [5.74, 6) is -1.83. The number of hydrazine groups is 1. The van der Waals surface area contributed by atoms with E-state index in [-0.39, 0.29) is 48.3 Å². The number of ether oxygens (including phenoxy) is 2. The molecule has 12 heteroatoms. The zero-order valence-electron chi connectivity index (χ0n) is 21.5. The van der Waals surface area contributed by atoms with E-state index in [0.717, 1.165) is 12.1 Å². The Bertz CT molecular complexity index is 1450. The number of aliphatic hydroxyl groups excluding tert-OH is 1. The van der Waals surface area contributed by atoms with Crippen LogP contribution in [0.5, 0.6) is 5.75 Å². The van der Waals surface area contributed by atoms with Gasteiger partial charge in [-0.25, -0.2) is 27.6 Å². The van der Waals surface area contributed by atoms with E-state index in [1.165, 1.54) is 18.2 Å². The number of aliphatic hydroxyl groups is 1. The molecule has 3 aromatic rings. The Hall–Kier alpha value is -3.87. The zero-order valence-corrected chi connectivity index (χ0v) is 22.3. The second kappa shape index (κ2) is 13.0. The lowest BCUT2D eigenvalue weighted by Crippen LogP contribution is -2.52. The van der Waals surface area contributed by atoms with Gasteiger partial charge in [0.25, 0.3) is 5.91 Å². The van der Waals surface area contributed by atoms with Gasteiger partial charge in [0.15, 0.2) is 15.4 Å². The van der Waals surface area contributed by atoms with E-state index >= 15 is 0 Å². The molecule has 3 N–H and O–H groups in total. The van der Waals surface area contributed by atoms with E-state index in [4.69, 9.17) is 14.6 Å². The van der Waals surface area contributed by atoms with Gasteiger partial charge in [0.05, 0.1) is 17.3 Å². The van der Waals surface area contributed by atoms with Crippen molar-refractivity contribution in [1.82, 2.24) is 10.9 Å². The number of benzene rings is 3. The van der Waals surface area contributed by atoms with Crippen molar-refractivity contribution in [3.05, 3.63) is 95.6 Å². The van der Waals surface area contributed by atoms with Crippen LogP contribution in [0.4, 0.5) is 8.78 Å². The number of halogens is 2. The summed E-state index contributed by atoms with van der Waals surface area (Å²) >= 11 is 0. The number of rotatable bonds is 13. The number of hydrogen-bond donors (Lipinski definition) is 3. The van der Waals surface area contributed by atoms with Crippen molar-refractivity contribution in [3.8, 4) is 5.75 Å². The summed E-state index contributed by atoms with van der Waals surface area (Å²) in [6, 6.07) is 17.7. The maximum atomic E-state index is 14.0. The van der Waals surface area contributed by atoms with Gasteiger partial charge in [-0.2, -0.15) is 0 Å². The second-order valence-corrected chi connectivity index (χ2v) is 11.2. The molecular formula is C28H29F2N3O6S. The molecule has 0 fully saturated rings. The molecule has 0 aromatic heterocycles. The monoisotopic (exact) mass is 573 g/mol. The van der Waals surface area contributed by atoms with Gasteiger partial charge in [0, 0.05) is 36.8 Å². The standard InChI is InChI=1S/C28H29F2N3O6S/c29-22-10-7-21(25(30)17-22)18-31-33-27(35)28(13-16-40(36,37)24-5-2-1-3-6-24)19-39-26(32-28)20-8-11-23(12-9-20)38-15-4-14-34/h1-3,5-12,17,31,34H,4,13-16,18-19H2,(H,33,35)/t28-/m0/s1. The lowest BCUT2D eigenvalue weighted by atomic mass is 9.98. The average Bonchev–Trinajstić information content (AvgIpc) is 3.40. The SMILES string of the molecule is O=C(NNCc1ccc(F)cc1F)[C@]1(CCS(=O)(=O)c2ccccc2)COC(c2ccc(OCCCO)cc2)=N1. The van der Waals surface area contributed by atoms with Crippen molar-refractivity contribution in [1.29, 1.82) is 0 Å². The minimum absolute atomic E-state index is 0.0144. The lowest BCUT2D eigenvalue weighted by Gasteiger charge is -2.23. The molecule has 1 heterocycles. The van der Waals surface area contributed by atoms with Crippen LogP contribution in [0, 0.1) is 11.6 Å². The van der Waals surface area contributed by atoms with Crippen molar-refractivity contribution < 1.29 is 36.6 Å². The van der Waals surface area contributed by atoms with Crippen LogP contribution in [-0.4, -0.2) is 56.4 Å². The fraction of sp³-hybridized carbons (Fsp3) is 0.286. The number of carbonyl (C=O) groups is 1. The van der Waals surface area contributed by atoms with Crippen LogP contribution in [0.1, 0.15) is 24.0 Å². The van der Waals surface area contributed by atoms with Crippen LogP contribution in [0.3, 0.4) is 0 Å². The first-order valence-corrected chi connectivity index (χ1v) is 14.2. The minimum Gasteiger partial charge on any atom is -0.494 e. The molecule has 9 nitrogen and oxygen atoms in total. The molecule has 0 bridgehead atoms. The molecule has 0 aliphatic carbocycles. The Kier molecular flexibility index (Phi) is 9.46. The molecule has 212 valence electrons. The number of aliphatic imine (C=N–C) groups is 1. The number of amides is 1. The van der Waals surface area contributed by atoms with Crippen LogP contribution < -0.4 is 15.6 Å². The molecule has 0 saturated carbocycles. The van der Waals surface area contributed by atoms with E-state index in [9.17, 15) is 22.0 Å². The van der Waals surface area contributed by atoms with E-state index in [1.54, 1.807) is 42.5 Å². The van der Waals surface area contributed by atoms with Crippen LogP contribution in [-0.2, 0) is 25.9 Å². The van der Waals surface area contributed by atoms with Crippen molar-refractivity contribution in [2.45, 2.75) is 29.8 Å². The van der Waals surface area contributed by atoms with Crippen molar-refractivity contribution in [2.75, 3.05) is 25.6 Å². The molecule has 3 aromatic carbocycles. The summed E-state index contributed by atoms with van der Waals surface area (Å²) in [6.07, 6.45) is 0.303. The molecule has 40 heavy (non-hydrogen) atoms. The Morgan fingerprint density at radius 1 is 1.07 bits per heavy atom. The third-order valence-electron chi connectivity index (χ3n) is 6.24. The summed E-state index contributed by atoms with van der Waals surface area (Å²) in [6.45, 7) is -0.00686. The van der Waals surface area contributed by atoms with Gasteiger partial charge in [0.1, 0.15) is 24.0 Å². The van der Waals surface area contributed by atoms with Crippen LogP contribution >= 0.6 is 0 Å². The van der Waals surface area contributed by atoms with Gasteiger partial charge in [-0.3, -0.25) is 10.2 Å². The molecule has 1 atom stereocenters. The largest absolute Gasteiger partial charge is 0.494 e. The highest BCUT2D eigenvalue weighted by molar-refractivity contribution is 7.91. The van der Waals surface area contributed by atoms with Gasteiger partial charge in [0.2, 0.25) is 5.90 Å². The Labute approximate surface area is 230 Å². The zero-order chi connectivity index (χ0) is 28.6. The first-order chi connectivity index (χ1) is 19.2. The molecule has 0 radical (unpaired) electrons. The fourth-order valence-corrected chi connectivity index (χ4v) is 5.36. The van der Waals surface area contributed by atoms with Crippen LogP contribution in [0.15, 0.2) is 82.7 Å². The maximum absolute atomic E-state index is 14.0. The summed E-state index contributed by atoms with van der Waals surface area (Å²) in [4.78, 5) is 18.0. The van der Waals surface area contributed by atoms with Crippen molar-refractivity contribution >= 4 is 21.6 Å². The minimum atomic E-state index is -3.74. The maximum Gasteiger partial charge on any atom is 0.265 e. The summed E-state index contributed by atoms with van der Waals surface area (Å²) in [5, 5.41) is 8.90. The summed E-state index contributed by atoms with van der Waals surface area (Å²) in [5.41, 5.74) is 4.16. The van der Waals surface area contributed by atoms with Gasteiger partial charge < -0.3 is 14.6 Å². The molecule has 0 unspecified atom stereocenters. The van der Waals surface area contributed by atoms with Gasteiger partial charge in [-0.05, 0) is 48.9 Å². The molecule has 0 saturated heterocycles. The number of hydrogen-bond acceptors (Lipinski definition) is 8. The van der Waals surface area contributed by atoms with E-state index in [2.05, 4.69) is 15.8 Å². The second-order valence-electron chi connectivity index (χ2n) is 9.11. The fourth-order valence-electron chi connectivity index (χ4n) is 3.95. The smallest absolute Gasteiger partial charge is 0.265 e. The number of nitrogens with zero attached hydrogens (tertiary/aromatic N) is 1. The van der Waals surface area contributed by atoms with E-state index in [0.29, 0.717) is 24.3 Å². The molecular weight excluding hydrogens is 544 g/mol.